The minimum absolute atomic E-state index is 0.130. The Morgan fingerprint density at radius 1 is 1.28 bits per heavy atom. The molecule has 2 N–H and O–H groups in total. The molecule has 0 bridgehead atoms. The summed E-state index contributed by atoms with van der Waals surface area (Å²) in [5.74, 6) is -1.30. The molecular weight excluding hydrogens is 362 g/mol. The molecule has 1 fully saturated rings. The summed E-state index contributed by atoms with van der Waals surface area (Å²) in [6, 6.07) is 5.49. The minimum atomic E-state index is -1.30. The zero-order chi connectivity index (χ0) is 13.6. The molecule has 1 aromatic rings. The van der Waals surface area contributed by atoms with E-state index in [1.807, 2.05) is 25.1 Å². The summed E-state index contributed by atoms with van der Waals surface area (Å²) in [6.45, 7) is 6.49. The molecule has 0 spiro atoms. The highest BCUT2D eigenvalue weighted by atomic mass is 79.9. The number of benzene rings is 1. The van der Waals surface area contributed by atoms with Gasteiger partial charge in [-0.25, -0.2) is 0 Å². The van der Waals surface area contributed by atoms with Crippen molar-refractivity contribution in [3.8, 4) is 0 Å². The lowest BCUT2D eigenvalue weighted by Crippen LogP contribution is -2.63. The second-order valence-corrected chi connectivity index (χ2v) is 7.22. The van der Waals surface area contributed by atoms with Crippen LogP contribution in [-0.4, -0.2) is 23.3 Å². The van der Waals surface area contributed by atoms with Gasteiger partial charge in [-0.1, -0.05) is 31.9 Å². The van der Waals surface area contributed by atoms with Gasteiger partial charge in [-0.15, -0.1) is 0 Å². The molecule has 100 valence electrons. The van der Waals surface area contributed by atoms with Crippen molar-refractivity contribution >= 4 is 31.9 Å². The Bertz CT molecular complexity index is 444. The van der Waals surface area contributed by atoms with Crippen molar-refractivity contribution in [1.82, 2.24) is 5.32 Å². The van der Waals surface area contributed by atoms with Crippen LogP contribution in [0.25, 0.3) is 0 Å². The highest BCUT2D eigenvalue weighted by molar-refractivity contribution is 9.11. The third-order valence-corrected chi connectivity index (χ3v) is 4.04. The molecule has 5 heteroatoms. The average molecular weight is 379 g/mol. The van der Waals surface area contributed by atoms with Crippen LogP contribution in [0.15, 0.2) is 27.1 Å². The van der Waals surface area contributed by atoms with Gasteiger partial charge in [0.2, 0.25) is 5.79 Å². The lowest BCUT2D eigenvalue weighted by Gasteiger charge is -2.46. The van der Waals surface area contributed by atoms with Gasteiger partial charge in [0.25, 0.3) is 0 Å². The van der Waals surface area contributed by atoms with Crippen molar-refractivity contribution in [1.29, 1.82) is 0 Å². The summed E-state index contributed by atoms with van der Waals surface area (Å²) in [7, 11) is 0. The van der Waals surface area contributed by atoms with Crippen molar-refractivity contribution in [3.05, 3.63) is 32.7 Å². The van der Waals surface area contributed by atoms with Gasteiger partial charge >= 0.3 is 0 Å². The molecule has 0 saturated carbocycles. The second kappa shape index (κ2) is 4.87. The largest absolute Gasteiger partial charge is 0.361 e. The highest BCUT2D eigenvalue weighted by Gasteiger charge is 2.44. The maximum Gasteiger partial charge on any atom is 0.208 e. The van der Waals surface area contributed by atoms with E-state index in [9.17, 15) is 5.11 Å². The first-order valence-electron chi connectivity index (χ1n) is 5.83. The maximum atomic E-state index is 10.8. The topological polar surface area (TPSA) is 41.5 Å². The second-order valence-electron chi connectivity index (χ2n) is 5.39. The van der Waals surface area contributed by atoms with Gasteiger partial charge in [-0.05, 0) is 39.0 Å². The van der Waals surface area contributed by atoms with E-state index in [1.54, 1.807) is 0 Å². The van der Waals surface area contributed by atoms with Crippen molar-refractivity contribution in [3.63, 3.8) is 0 Å². The quantitative estimate of drug-likeness (QED) is 0.788. The zero-order valence-corrected chi connectivity index (χ0v) is 13.8. The molecule has 2 atom stereocenters. The van der Waals surface area contributed by atoms with Crippen LogP contribution in [0.4, 0.5) is 0 Å². The number of halogens is 2. The Hall–Kier alpha value is 0.0600. The number of rotatable bonds is 1. The van der Waals surface area contributed by atoms with E-state index >= 15 is 0 Å². The summed E-state index contributed by atoms with van der Waals surface area (Å²) in [5, 5.41) is 14.1. The predicted octanol–water partition coefficient (Wildman–Crippen LogP) is 3.14. The summed E-state index contributed by atoms with van der Waals surface area (Å²) < 4.78 is 7.55. The molecule has 1 aliphatic heterocycles. The van der Waals surface area contributed by atoms with E-state index < -0.39 is 5.79 Å². The predicted molar refractivity (Wildman–Crippen MR) is 78.4 cm³/mol. The summed E-state index contributed by atoms with van der Waals surface area (Å²) >= 11 is 6.86. The Morgan fingerprint density at radius 3 is 2.33 bits per heavy atom. The molecule has 1 aromatic carbocycles. The number of nitrogens with one attached hydrogen (secondary N) is 1. The van der Waals surface area contributed by atoms with Gasteiger partial charge in [0.15, 0.2) is 0 Å². The highest BCUT2D eigenvalue weighted by Crippen LogP contribution is 2.35. The molecule has 1 heterocycles. The molecule has 0 radical (unpaired) electrons. The monoisotopic (exact) mass is 377 g/mol. The third kappa shape index (κ3) is 2.80. The molecule has 0 aliphatic carbocycles. The van der Waals surface area contributed by atoms with E-state index in [-0.39, 0.29) is 11.6 Å². The number of aliphatic hydroxyl groups is 1. The molecule has 3 nitrogen and oxygen atoms in total. The molecular formula is C13H17Br2NO2. The molecule has 1 aliphatic rings. The van der Waals surface area contributed by atoms with Crippen LogP contribution in [-0.2, 0) is 10.5 Å². The first-order valence-corrected chi connectivity index (χ1v) is 7.42. The van der Waals surface area contributed by atoms with Gasteiger partial charge < -0.3 is 15.2 Å². The van der Waals surface area contributed by atoms with Crippen LogP contribution in [0.1, 0.15) is 26.3 Å². The van der Waals surface area contributed by atoms with Crippen LogP contribution >= 0.6 is 31.9 Å². The van der Waals surface area contributed by atoms with Gasteiger partial charge in [-0.3, -0.25) is 0 Å². The first kappa shape index (κ1) is 14.5. The third-order valence-electron chi connectivity index (χ3n) is 3.12. The Morgan fingerprint density at radius 2 is 1.83 bits per heavy atom. The molecule has 2 unspecified atom stereocenters. The van der Waals surface area contributed by atoms with Crippen LogP contribution in [0.5, 0.6) is 0 Å². The average Bonchev–Trinajstić information content (AvgIpc) is 2.22. The Labute approximate surface area is 124 Å². The molecule has 1 saturated heterocycles. The molecule has 0 amide bonds. The van der Waals surface area contributed by atoms with Crippen LogP contribution in [0.3, 0.4) is 0 Å². The number of hydrogen-bond acceptors (Lipinski definition) is 3. The van der Waals surface area contributed by atoms with Crippen molar-refractivity contribution in [2.24, 2.45) is 0 Å². The SMILES string of the molecule is CC1NC(C)(C)COC1(O)c1cc(Br)cc(Br)c1. The van der Waals surface area contributed by atoms with Gasteiger partial charge in [0.05, 0.1) is 12.6 Å². The van der Waals surface area contributed by atoms with Crippen LogP contribution in [0, 0.1) is 0 Å². The van der Waals surface area contributed by atoms with Gasteiger partial charge in [0.1, 0.15) is 0 Å². The number of ether oxygens (including phenoxy) is 1. The molecule has 2 rings (SSSR count). The van der Waals surface area contributed by atoms with E-state index in [4.69, 9.17) is 4.74 Å². The minimum Gasteiger partial charge on any atom is -0.361 e. The fourth-order valence-corrected chi connectivity index (χ4v) is 3.53. The number of morpholine rings is 1. The van der Waals surface area contributed by atoms with E-state index in [0.29, 0.717) is 6.61 Å². The standard InChI is InChI=1S/C13H17Br2NO2/c1-8-13(17,18-7-12(2,3)16-8)9-4-10(14)6-11(15)5-9/h4-6,8,16-17H,7H2,1-3H3. The Kier molecular flexibility index (Phi) is 3.91. The van der Waals surface area contributed by atoms with Crippen molar-refractivity contribution < 1.29 is 9.84 Å². The van der Waals surface area contributed by atoms with Crippen LogP contribution < -0.4 is 5.32 Å². The first-order chi connectivity index (χ1) is 8.23. The zero-order valence-electron chi connectivity index (χ0n) is 10.6. The van der Waals surface area contributed by atoms with Gasteiger partial charge in [-0.2, -0.15) is 0 Å². The fourth-order valence-electron chi connectivity index (χ4n) is 2.24. The van der Waals surface area contributed by atoms with Crippen molar-refractivity contribution in [2.75, 3.05) is 6.61 Å². The lowest BCUT2D eigenvalue weighted by atomic mass is 9.93. The van der Waals surface area contributed by atoms with Crippen molar-refractivity contribution in [2.45, 2.75) is 38.1 Å². The van der Waals surface area contributed by atoms with E-state index in [2.05, 4.69) is 51.0 Å². The molecule has 18 heavy (non-hydrogen) atoms. The lowest BCUT2D eigenvalue weighted by molar-refractivity contribution is -0.263. The Balaban J connectivity index is 2.36. The number of hydrogen-bond donors (Lipinski definition) is 2. The summed E-state index contributed by atoms with van der Waals surface area (Å²) in [4.78, 5) is 0. The van der Waals surface area contributed by atoms with Crippen LogP contribution in [0.2, 0.25) is 0 Å². The summed E-state index contributed by atoms with van der Waals surface area (Å²) in [5.41, 5.74) is 0.605. The van der Waals surface area contributed by atoms with E-state index in [1.165, 1.54) is 0 Å². The van der Waals surface area contributed by atoms with E-state index in [0.717, 1.165) is 14.5 Å². The fraction of sp³-hybridized carbons (Fsp3) is 0.538. The molecule has 0 aromatic heterocycles. The maximum absolute atomic E-state index is 10.8. The summed E-state index contributed by atoms with van der Waals surface area (Å²) in [6.07, 6.45) is 0. The smallest absolute Gasteiger partial charge is 0.208 e. The normalized spacial score (nSPS) is 31.3. The van der Waals surface area contributed by atoms with Gasteiger partial charge in [0, 0.05) is 20.0 Å².